The van der Waals surface area contributed by atoms with Crippen LogP contribution in [0.1, 0.15) is 51.5 Å². The Morgan fingerprint density at radius 3 is 1.79 bits per heavy atom. The second-order valence-corrected chi connectivity index (χ2v) is 13.1. The zero-order valence-corrected chi connectivity index (χ0v) is 32.3. The largest absolute Gasteiger partial charge is 0.392 e. The zero-order valence-electron chi connectivity index (χ0n) is 32.3. The van der Waals surface area contributed by atoms with Crippen LogP contribution in [0.2, 0.25) is 0 Å². The molecule has 0 bridgehead atoms. The summed E-state index contributed by atoms with van der Waals surface area (Å²) in [6.45, 7) is 6.95. The van der Waals surface area contributed by atoms with Crippen molar-refractivity contribution in [2.45, 2.75) is 58.6 Å². The standard InChI is InChI=1S/C38H57N5O13/c1-27(2)31(37(50)42-32(7-8-33(39)46)38(51)41-29-5-3-28(26-44)4-6-29)25-30(45)12-15-52-17-19-54-21-23-56-24-22-55-20-18-53-16-13-40-34(47)11-14-43-35(48)9-10-36(43)49/h3-6,9-10,27,31-32,44H,7-8,11-26H2,1-2H3,(H2,39,46)(H,40,47)(H,41,51)(H,42,50)/t31-,32-/m0/s1. The molecule has 6 N–H and O–H groups in total. The molecule has 0 aromatic heterocycles. The average molecular weight is 792 g/mol. The SMILES string of the molecule is CC(C)[C@H](CC(=O)CCOCCOCCOCCOCCOCCNC(=O)CCN1C(=O)C=CC1=O)C(=O)N[C@@H](CCC(N)=O)C(=O)Nc1ccc(CO)cc1. The van der Waals surface area contributed by atoms with E-state index in [1.165, 1.54) is 12.2 Å². The molecule has 56 heavy (non-hydrogen) atoms. The monoisotopic (exact) mass is 791 g/mol. The number of nitrogens with zero attached hydrogens (tertiary/aromatic N) is 1. The van der Waals surface area contributed by atoms with Crippen LogP contribution >= 0.6 is 0 Å². The number of primary amides is 1. The van der Waals surface area contributed by atoms with Crippen LogP contribution in [-0.4, -0.2) is 136 Å². The zero-order chi connectivity index (χ0) is 41.1. The van der Waals surface area contributed by atoms with Crippen LogP contribution < -0.4 is 21.7 Å². The molecule has 6 amide bonds. The number of anilines is 1. The summed E-state index contributed by atoms with van der Waals surface area (Å²) >= 11 is 0. The number of Topliss-reactive ketones (excluding diaryl/α,β-unsaturated/α-hetero) is 1. The third-order valence-corrected chi connectivity index (χ3v) is 8.35. The number of imide groups is 1. The first-order valence-electron chi connectivity index (χ1n) is 18.7. The number of hydrogen-bond donors (Lipinski definition) is 5. The summed E-state index contributed by atoms with van der Waals surface area (Å²) in [5.74, 6) is -3.84. The number of ketones is 1. The Hall–Kier alpha value is -4.59. The van der Waals surface area contributed by atoms with E-state index in [9.17, 15) is 38.7 Å². The first-order valence-corrected chi connectivity index (χ1v) is 18.7. The number of aliphatic hydroxyl groups excluding tert-OH is 1. The molecule has 1 aliphatic heterocycles. The second kappa shape index (κ2) is 27.9. The van der Waals surface area contributed by atoms with Crippen LogP contribution in [0, 0.1) is 11.8 Å². The minimum atomic E-state index is -1.06. The summed E-state index contributed by atoms with van der Waals surface area (Å²) in [5, 5.41) is 17.3. The summed E-state index contributed by atoms with van der Waals surface area (Å²) in [5.41, 5.74) is 6.40. The van der Waals surface area contributed by atoms with Gasteiger partial charge in [-0.3, -0.25) is 38.5 Å². The molecule has 0 radical (unpaired) electrons. The van der Waals surface area contributed by atoms with E-state index in [2.05, 4.69) is 16.0 Å². The highest BCUT2D eigenvalue weighted by Crippen LogP contribution is 2.18. The number of hydrogen-bond acceptors (Lipinski definition) is 13. The molecule has 0 fully saturated rings. The number of aliphatic hydroxyl groups is 1. The fourth-order valence-corrected chi connectivity index (χ4v) is 5.12. The third-order valence-electron chi connectivity index (χ3n) is 8.35. The van der Waals surface area contributed by atoms with E-state index in [1.807, 2.05) is 13.8 Å². The van der Waals surface area contributed by atoms with E-state index in [0.29, 0.717) is 70.7 Å². The van der Waals surface area contributed by atoms with Crippen molar-refractivity contribution in [2.24, 2.45) is 17.6 Å². The number of nitrogens with one attached hydrogen (secondary N) is 3. The molecule has 1 aromatic rings. The van der Waals surface area contributed by atoms with Gasteiger partial charge in [-0.05, 0) is 30.0 Å². The Balaban J connectivity index is 1.48. The number of nitrogens with two attached hydrogens (primary N) is 1. The average Bonchev–Trinajstić information content (AvgIpc) is 3.49. The van der Waals surface area contributed by atoms with Crippen molar-refractivity contribution in [3.05, 3.63) is 42.0 Å². The van der Waals surface area contributed by atoms with Crippen LogP contribution in [0.4, 0.5) is 5.69 Å². The topological polar surface area (TPSA) is 251 Å². The van der Waals surface area contributed by atoms with Crippen molar-refractivity contribution < 1.29 is 62.4 Å². The lowest BCUT2D eigenvalue weighted by Gasteiger charge is -2.24. The maximum Gasteiger partial charge on any atom is 0.253 e. The molecule has 0 aliphatic carbocycles. The van der Waals surface area contributed by atoms with Crippen molar-refractivity contribution in [2.75, 3.05) is 84.5 Å². The van der Waals surface area contributed by atoms with Gasteiger partial charge in [0.05, 0.1) is 72.7 Å². The molecular formula is C38H57N5O13. The fourth-order valence-electron chi connectivity index (χ4n) is 5.12. The van der Waals surface area contributed by atoms with Gasteiger partial charge in [0.1, 0.15) is 11.8 Å². The molecule has 0 saturated carbocycles. The highest BCUT2D eigenvalue weighted by molar-refractivity contribution is 6.13. The third kappa shape index (κ3) is 20.4. The van der Waals surface area contributed by atoms with E-state index < -0.39 is 41.5 Å². The number of benzene rings is 1. The maximum absolute atomic E-state index is 13.2. The smallest absolute Gasteiger partial charge is 0.253 e. The molecule has 1 aliphatic rings. The van der Waals surface area contributed by atoms with E-state index >= 15 is 0 Å². The quantitative estimate of drug-likeness (QED) is 0.0477. The molecule has 2 rings (SSSR count). The van der Waals surface area contributed by atoms with Gasteiger partial charge < -0.3 is 50.5 Å². The van der Waals surface area contributed by atoms with Crippen LogP contribution in [-0.2, 0) is 63.9 Å². The Labute approximate surface area is 327 Å². The summed E-state index contributed by atoms with van der Waals surface area (Å²) in [4.78, 5) is 86.2. The van der Waals surface area contributed by atoms with Crippen LogP contribution in [0.5, 0.6) is 0 Å². The number of ether oxygens (including phenoxy) is 5. The number of carbonyl (C=O) groups excluding carboxylic acids is 7. The highest BCUT2D eigenvalue weighted by Gasteiger charge is 2.29. The van der Waals surface area contributed by atoms with Crippen LogP contribution in [0.25, 0.3) is 0 Å². The number of rotatable bonds is 32. The highest BCUT2D eigenvalue weighted by atomic mass is 16.6. The first kappa shape index (κ1) is 47.6. The minimum Gasteiger partial charge on any atom is -0.392 e. The van der Waals surface area contributed by atoms with Gasteiger partial charge >= 0.3 is 0 Å². The van der Waals surface area contributed by atoms with Crippen molar-refractivity contribution >= 4 is 46.9 Å². The summed E-state index contributed by atoms with van der Waals surface area (Å²) < 4.78 is 27.3. The van der Waals surface area contributed by atoms with Crippen molar-refractivity contribution in [3.8, 4) is 0 Å². The van der Waals surface area contributed by atoms with Gasteiger partial charge in [0.15, 0.2) is 0 Å². The van der Waals surface area contributed by atoms with Gasteiger partial charge in [-0.2, -0.15) is 0 Å². The van der Waals surface area contributed by atoms with E-state index in [1.54, 1.807) is 24.3 Å². The molecule has 0 saturated heterocycles. The summed E-state index contributed by atoms with van der Waals surface area (Å²) in [6, 6.07) is 5.46. The van der Waals surface area contributed by atoms with Crippen LogP contribution in [0.3, 0.4) is 0 Å². The lowest BCUT2D eigenvalue weighted by Crippen LogP contribution is -2.47. The summed E-state index contributed by atoms with van der Waals surface area (Å²) in [6.07, 6.45) is 2.29. The van der Waals surface area contributed by atoms with Crippen molar-refractivity contribution in [1.82, 2.24) is 15.5 Å². The van der Waals surface area contributed by atoms with E-state index in [-0.39, 0.29) is 76.1 Å². The van der Waals surface area contributed by atoms with E-state index in [4.69, 9.17) is 29.4 Å². The molecule has 312 valence electrons. The van der Waals surface area contributed by atoms with Crippen LogP contribution in [0.15, 0.2) is 36.4 Å². The predicted octanol–water partition coefficient (Wildman–Crippen LogP) is 0.00350. The van der Waals surface area contributed by atoms with Crippen molar-refractivity contribution in [1.29, 1.82) is 0 Å². The van der Waals surface area contributed by atoms with Gasteiger partial charge in [-0.15, -0.1) is 0 Å². The summed E-state index contributed by atoms with van der Waals surface area (Å²) in [7, 11) is 0. The molecule has 0 unspecified atom stereocenters. The Morgan fingerprint density at radius 2 is 1.27 bits per heavy atom. The van der Waals surface area contributed by atoms with E-state index in [0.717, 1.165) is 4.90 Å². The molecule has 1 heterocycles. The lowest BCUT2D eigenvalue weighted by atomic mass is 9.88. The van der Waals surface area contributed by atoms with Crippen molar-refractivity contribution in [3.63, 3.8) is 0 Å². The molecule has 18 heteroatoms. The predicted molar refractivity (Wildman–Crippen MR) is 202 cm³/mol. The molecule has 1 aromatic carbocycles. The normalized spacial score (nSPS) is 13.5. The fraction of sp³-hybridized carbons (Fsp3) is 0.605. The van der Waals surface area contributed by atoms with Gasteiger partial charge in [0.2, 0.25) is 23.6 Å². The minimum absolute atomic E-state index is 0.0162. The van der Waals surface area contributed by atoms with Gasteiger partial charge in [0.25, 0.3) is 11.8 Å². The molecule has 18 nitrogen and oxygen atoms in total. The van der Waals surface area contributed by atoms with Gasteiger partial charge in [-0.1, -0.05) is 26.0 Å². The second-order valence-electron chi connectivity index (χ2n) is 13.1. The number of amides is 6. The molecule has 0 spiro atoms. The Bertz CT molecular complexity index is 1420. The lowest BCUT2D eigenvalue weighted by molar-refractivity contribution is -0.137. The molecule has 2 atom stereocenters. The van der Waals surface area contributed by atoms with Gasteiger partial charge in [0, 0.05) is 62.5 Å². The Kier molecular flexibility index (Phi) is 23.7. The maximum atomic E-state index is 13.2. The molecular weight excluding hydrogens is 734 g/mol. The first-order chi connectivity index (χ1) is 26.9. The van der Waals surface area contributed by atoms with Gasteiger partial charge in [-0.25, -0.2) is 0 Å². The Morgan fingerprint density at radius 1 is 0.732 bits per heavy atom. The number of carbonyl (C=O) groups is 7.